The number of aromatic hydroxyl groups is 2. The zero-order valence-corrected chi connectivity index (χ0v) is 13.6. The number of hydrogen-bond acceptors (Lipinski definition) is 3. The normalized spacial score (nSPS) is 15.4. The maximum absolute atomic E-state index is 12.7. The molecule has 0 radical (unpaired) electrons. The van der Waals surface area contributed by atoms with E-state index in [0.717, 1.165) is 11.1 Å². The average Bonchev–Trinajstić information content (AvgIpc) is 2.80. The van der Waals surface area contributed by atoms with E-state index in [0.29, 0.717) is 18.7 Å². The molecule has 0 spiro atoms. The minimum atomic E-state index is -0.210. The number of amides is 1. The van der Waals surface area contributed by atoms with Gasteiger partial charge in [-0.3, -0.25) is 4.79 Å². The summed E-state index contributed by atoms with van der Waals surface area (Å²) in [6.45, 7) is 8.95. The van der Waals surface area contributed by atoms with E-state index < -0.39 is 0 Å². The summed E-state index contributed by atoms with van der Waals surface area (Å²) >= 11 is 0. The van der Waals surface area contributed by atoms with Gasteiger partial charge in [0.25, 0.3) is 5.91 Å². The second kappa shape index (κ2) is 6.26. The maximum atomic E-state index is 12.7. The molecule has 0 atom stereocenters. The Morgan fingerprint density at radius 2 is 1.91 bits per heavy atom. The molecule has 22 heavy (non-hydrogen) atoms. The van der Waals surface area contributed by atoms with Crippen LogP contribution in [-0.2, 0) is 0 Å². The second-order valence-electron chi connectivity index (χ2n) is 6.05. The molecule has 4 nitrogen and oxygen atoms in total. The van der Waals surface area contributed by atoms with E-state index in [9.17, 15) is 15.0 Å². The number of benzene rings is 1. The van der Waals surface area contributed by atoms with Crippen molar-refractivity contribution in [1.29, 1.82) is 0 Å². The minimum Gasteiger partial charge on any atom is -0.508 e. The van der Waals surface area contributed by atoms with Crippen LogP contribution in [0.25, 0.3) is 0 Å². The summed E-state index contributed by atoms with van der Waals surface area (Å²) < 4.78 is 0. The van der Waals surface area contributed by atoms with Gasteiger partial charge >= 0.3 is 0 Å². The Bertz CT molecular complexity index is 657. The number of phenols is 2. The Balaban J connectivity index is 2.30. The molecule has 0 aliphatic carbocycles. The van der Waals surface area contributed by atoms with Crippen LogP contribution in [0, 0.1) is 0 Å². The highest BCUT2D eigenvalue weighted by Gasteiger charge is 2.26. The standard InChI is InChI=1S/C18H23NO3/c1-5-6-13-10-19(9-12(13)4)18(22)15-7-14(11(2)3)16(20)8-17(15)21/h5-8,11,20-21H,9-10H2,1-4H3/b6-5-. The predicted molar refractivity (Wildman–Crippen MR) is 87.3 cm³/mol. The van der Waals surface area contributed by atoms with Gasteiger partial charge in [0.2, 0.25) is 0 Å². The number of carbonyl (C=O) groups excluding carboxylic acids is 1. The first-order valence-corrected chi connectivity index (χ1v) is 7.51. The number of rotatable bonds is 3. The zero-order valence-electron chi connectivity index (χ0n) is 13.6. The van der Waals surface area contributed by atoms with E-state index in [-0.39, 0.29) is 28.9 Å². The molecule has 1 heterocycles. The smallest absolute Gasteiger partial charge is 0.258 e. The van der Waals surface area contributed by atoms with Gasteiger partial charge in [0.15, 0.2) is 0 Å². The van der Waals surface area contributed by atoms with Crippen molar-refractivity contribution in [3.8, 4) is 11.5 Å². The van der Waals surface area contributed by atoms with Crippen molar-refractivity contribution < 1.29 is 15.0 Å². The molecule has 0 unspecified atom stereocenters. The lowest BCUT2D eigenvalue weighted by Crippen LogP contribution is -2.29. The Kier molecular flexibility index (Phi) is 4.59. The average molecular weight is 301 g/mol. The largest absolute Gasteiger partial charge is 0.508 e. The van der Waals surface area contributed by atoms with Crippen LogP contribution in [0.5, 0.6) is 11.5 Å². The van der Waals surface area contributed by atoms with E-state index >= 15 is 0 Å². The van der Waals surface area contributed by atoms with Crippen molar-refractivity contribution in [3.05, 3.63) is 46.6 Å². The monoisotopic (exact) mass is 301 g/mol. The SMILES string of the molecule is C/C=C\C1=C(C)CN(C(=O)c2cc(C(C)C)c(O)cc2O)C1. The Labute approximate surface area is 131 Å². The molecule has 2 rings (SSSR count). The van der Waals surface area contributed by atoms with Crippen molar-refractivity contribution in [2.24, 2.45) is 0 Å². The Morgan fingerprint density at radius 1 is 1.23 bits per heavy atom. The molecule has 0 aromatic heterocycles. The van der Waals surface area contributed by atoms with Gasteiger partial charge in [-0.1, -0.05) is 26.0 Å². The molecule has 2 N–H and O–H groups in total. The maximum Gasteiger partial charge on any atom is 0.258 e. The van der Waals surface area contributed by atoms with Gasteiger partial charge in [0.1, 0.15) is 11.5 Å². The van der Waals surface area contributed by atoms with Gasteiger partial charge in [-0.15, -0.1) is 0 Å². The van der Waals surface area contributed by atoms with Crippen molar-refractivity contribution in [2.45, 2.75) is 33.6 Å². The number of nitrogens with zero attached hydrogens (tertiary/aromatic N) is 1. The molecule has 0 saturated carbocycles. The van der Waals surface area contributed by atoms with Crippen molar-refractivity contribution in [2.75, 3.05) is 13.1 Å². The van der Waals surface area contributed by atoms with Gasteiger partial charge in [-0.05, 0) is 42.5 Å². The molecule has 1 aliphatic rings. The van der Waals surface area contributed by atoms with E-state index in [1.54, 1.807) is 11.0 Å². The Hall–Kier alpha value is -2.23. The third kappa shape index (κ3) is 3.01. The quantitative estimate of drug-likeness (QED) is 0.897. The van der Waals surface area contributed by atoms with Crippen LogP contribution in [0.4, 0.5) is 0 Å². The van der Waals surface area contributed by atoms with Crippen LogP contribution >= 0.6 is 0 Å². The molecule has 0 fully saturated rings. The lowest BCUT2D eigenvalue weighted by molar-refractivity contribution is 0.0793. The molecule has 118 valence electrons. The van der Waals surface area contributed by atoms with Crippen LogP contribution in [0.2, 0.25) is 0 Å². The minimum absolute atomic E-state index is 0.0226. The summed E-state index contributed by atoms with van der Waals surface area (Å²) in [4.78, 5) is 14.4. The number of carbonyl (C=O) groups is 1. The first kappa shape index (κ1) is 16.1. The topological polar surface area (TPSA) is 60.8 Å². The molecular weight excluding hydrogens is 278 g/mol. The molecular formula is C18H23NO3. The fourth-order valence-corrected chi connectivity index (χ4v) is 2.72. The number of hydrogen-bond donors (Lipinski definition) is 2. The molecule has 0 bridgehead atoms. The lowest BCUT2D eigenvalue weighted by Gasteiger charge is -2.19. The molecule has 1 aromatic carbocycles. The summed E-state index contributed by atoms with van der Waals surface area (Å²) in [5, 5.41) is 19.9. The Morgan fingerprint density at radius 3 is 2.50 bits per heavy atom. The third-order valence-corrected chi connectivity index (χ3v) is 3.99. The van der Waals surface area contributed by atoms with Crippen LogP contribution in [-0.4, -0.2) is 34.1 Å². The van der Waals surface area contributed by atoms with E-state index in [1.165, 1.54) is 6.07 Å². The van der Waals surface area contributed by atoms with E-state index in [4.69, 9.17) is 0 Å². The first-order chi connectivity index (χ1) is 10.3. The molecule has 1 aliphatic heterocycles. The highest BCUT2D eigenvalue weighted by atomic mass is 16.3. The van der Waals surface area contributed by atoms with Crippen LogP contribution in [0.15, 0.2) is 35.4 Å². The van der Waals surface area contributed by atoms with E-state index in [1.807, 2.05) is 39.8 Å². The van der Waals surface area contributed by atoms with Crippen LogP contribution < -0.4 is 0 Å². The van der Waals surface area contributed by atoms with Crippen molar-refractivity contribution in [1.82, 2.24) is 4.90 Å². The van der Waals surface area contributed by atoms with E-state index in [2.05, 4.69) is 0 Å². The molecule has 0 saturated heterocycles. The van der Waals surface area contributed by atoms with Crippen LogP contribution in [0.3, 0.4) is 0 Å². The summed E-state index contributed by atoms with van der Waals surface area (Å²) in [5.41, 5.74) is 3.21. The predicted octanol–water partition coefficient (Wildman–Crippen LogP) is 3.57. The highest BCUT2D eigenvalue weighted by Crippen LogP contribution is 2.33. The summed E-state index contributed by atoms with van der Waals surface area (Å²) in [6.07, 6.45) is 3.97. The molecule has 4 heteroatoms. The highest BCUT2D eigenvalue weighted by molar-refractivity contribution is 5.98. The number of phenolic OH excluding ortho intramolecular Hbond substituents is 2. The van der Waals surface area contributed by atoms with Crippen LogP contribution in [0.1, 0.15) is 49.5 Å². The molecule has 1 aromatic rings. The van der Waals surface area contributed by atoms with Crippen molar-refractivity contribution >= 4 is 5.91 Å². The summed E-state index contributed by atoms with van der Waals surface area (Å²) in [6, 6.07) is 2.85. The second-order valence-corrected chi connectivity index (χ2v) is 6.05. The van der Waals surface area contributed by atoms with Gasteiger partial charge in [0, 0.05) is 19.2 Å². The summed E-state index contributed by atoms with van der Waals surface area (Å²) in [5.74, 6) is -0.291. The lowest BCUT2D eigenvalue weighted by atomic mass is 9.98. The number of allylic oxidation sites excluding steroid dienone is 1. The fraction of sp³-hybridized carbons (Fsp3) is 0.389. The third-order valence-electron chi connectivity index (χ3n) is 3.99. The molecule has 1 amide bonds. The zero-order chi connectivity index (χ0) is 16.4. The van der Waals surface area contributed by atoms with Gasteiger partial charge < -0.3 is 15.1 Å². The van der Waals surface area contributed by atoms with Gasteiger partial charge in [-0.2, -0.15) is 0 Å². The van der Waals surface area contributed by atoms with Crippen molar-refractivity contribution in [3.63, 3.8) is 0 Å². The fourth-order valence-electron chi connectivity index (χ4n) is 2.72. The summed E-state index contributed by atoms with van der Waals surface area (Å²) in [7, 11) is 0. The first-order valence-electron chi connectivity index (χ1n) is 7.51. The van der Waals surface area contributed by atoms with Gasteiger partial charge in [0.05, 0.1) is 5.56 Å². The van der Waals surface area contributed by atoms with Gasteiger partial charge in [-0.25, -0.2) is 0 Å².